The normalized spacial score (nSPS) is 17.8. The Balaban J connectivity index is 1.54. The van der Waals surface area contributed by atoms with Crippen molar-refractivity contribution in [2.45, 2.75) is 38.3 Å². The van der Waals surface area contributed by atoms with E-state index < -0.39 is 9.84 Å². The lowest BCUT2D eigenvalue weighted by Gasteiger charge is -2.23. The summed E-state index contributed by atoms with van der Waals surface area (Å²) in [6.45, 7) is 1.79. The number of aryl methyl sites for hydroxylation is 1. The summed E-state index contributed by atoms with van der Waals surface area (Å²) < 4.78 is 30.9. The molecule has 3 aromatic rings. The Bertz CT molecular complexity index is 1220. The van der Waals surface area contributed by atoms with Crippen LogP contribution in [-0.4, -0.2) is 72.1 Å². The van der Waals surface area contributed by atoms with E-state index in [0.29, 0.717) is 43.9 Å². The minimum absolute atomic E-state index is 0.0668. The Kier molecular flexibility index (Phi) is 6.61. The van der Waals surface area contributed by atoms with Gasteiger partial charge in [0, 0.05) is 38.0 Å². The number of nitrogen functional groups attached to an aromatic ring is 1. The van der Waals surface area contributed by atoms with Crippen molar-refractivity contribution in [2.24, 2.45) is 0 Å². The molecule has 1 aliphatic rings. The van der Waals surface area contributed by atoms with E-state index in [1.165, 1.54) is 0 Å². The molecule has 1 atom stereocenters. The number of sulfone groups is 1. The fourth-order valence-corrected chi connectivity index (χ4v) is 6.19. The molecule has 0 spiro atoms. The van der Waals surface area contributed by atoms with Gasteiger partial charge in [0.05, 0.1) is 29.1 Å². The lowest BCUT2D eigenvalue weighted by atomic mass is 10.1. The summed E-state index contributed by atoms with van der Waals surface area (Å²) >= 11 is 0. The maximum atomic E-state index is 11.8. The highest BCUT2D eigenvalue weighted by molar-refractivity contribution is 7.91. The van der Waals surface area contributed by atoms with Crippen LogP contribution in [0.5, 0.6) is 0 Å². The number of aromatic nitrogens is 3. The van der Waals surface area contributed by atoms with Crippen molar-refractivity contribution in [3.63, 3.8) is 0 Å². The van der Waals surface area contributed by atoms with Crippen LogP contribution in [-0.2, 0) is 32.3 Å². The maximum Gasteiger partial charge on any atom is 0.209 e. The number of unbranched alkanes of at least 4 members (excludes halogenated alkanes) is 1. The molecule has 10 heteroatoms. The summed E-state index contributed by atoms with van der Waals surface area (Å²) in [5, 5.41) is 0.999. The number of imidazole rings is 1. The van der Waals surface area contributed by atoms with Crippen molar-refractivity contribution in [3.05, 3.63) is 30.1 Å². The summed E-state index contributed by atoms with van der Waals surface area (Å²) in [6.07, 6.45) is 3.52. The second-order valence-corrected chi connectivity index (χ2v) is 10.5. The van der Waals surface area contributed by atoms with Gasteiger partial charge in [0.2, 0.25) is 6.41 Å². The van der Waals surface area contributed by atoms with Crippen LogP contribution in [0.15, 0.2) is 24.3 Å². The average Bonchev–Trinajstić information content (AvgIpc) is 3.33. The number of carbonyl (C=O) groups excluding carboxylic acids is 1. The standard InChI is InChI=1S/C22H29N5O4S/c1-31-12-8-19-25-20-21(17-6-2-3-7-18(17)24-22(20)23)27(19)11-5-4-10-26(15-28)16-9-13-32(29,30)14-16/h2-3,6-7,15-16H,4-5,8-14H2,1H3,(H2,23,24). The van der Waals surface area contributed by atoms with Crippen LogP contribution in [0.3, 0.4) is 0 Å². The van der Waals surface area contributed by atoms with Gasteiger partial charge in [-0.25, -0.2) is 18.4 Å². The molecule has 0 bridgehead atoms. The molecular weight excluding hydrogens is 430 g/mol. The summed E-state index contributed by atoms with van der Waals surface area (Å²) in [6, 6.07) is 7.67. The Morgan fingerprint density at radius 2 is 2.09 bits per heavy atom. The van der Waals surface area contributed by atoms with E-state index in [1.807, 2.05) is 24.3 Å². The number of hydrogen-bond acceptors (Lipinski definition) is 7. The van der Waals surface area contributed by atoms with E-state index in [-0.39, 0.29) is 17.5 Å². The van der Waals surface area contributed by atoms with Crippen LogP contribution in [0, 0.1) is 0 Å². The number of fused-ring (bicyclic) bond motifs is 3. The highest BCUT2D eigenvalue weighted by Crippen LogP contribution is 2.29. The molecule has 1 saturated heterocycles. The number of para-hydroxylation sites is 1. The fourth-order valence-electron chi connectivity index (χ4n) is 4.45. The molecule has 2 N–H and O–H groups in total. The summed E-state index contributed by atoms with van der Waals surface area (Å²) in [5.41, 5.74) is 8.71. The van der Waals surface area contributed by atoms with Gasteiger partial charge >= 0.3 is 0 Å². The van der Waals surface area contributed by atoms with Gasteiger partial charge in [0.1, 0.15) is 11.3 Å². The van der Waals surface area contributed by atoms with Crippen LogP contribution < -0.4 is 5.73 Å². The van der Waals surface area contributed by atoms with E-state index in [1.54, 1.807) is 12.0 Å². The number of hydrogen-bond donors (Lipinski definition) is 1. The van der Waals surface area contributed by atoms with Crippen molar-refractivity contribution in [3.8, 4) is 0 Å². The minimum Gasteiger partial charge on any atom is -0.384 e. The van der Waals surface area contributed by atoms with E-state index in [9.17, 15) is 13.2 Å². The molecule has 1 amide bonds. The molecule has 1 fully saturated rings. The number of ether oxygens (including phenoxy) is 1. The quantitative estimate of drug-likeness (QED) is 0.362. The molecule has 2 aromatic heterocycles. The van der Waals surface area contributed by atoms with Gasteiger partial charge in [0.25, 0.3) is 0 Å². The van der Waals surface area contributed by atoms with Gasteiger partial charge in [-0.15, -0.1) is 0 Å². The molecule has 0 radical (unpaired) electrons. The van der Waals surface area contributed by atoms with Crippen molar-refractivity contribution in [1.29, 1.82) is 0 Å². The summed E-state index contributed by atoms with van der Waals surface area (Å²) in [4.78, 5) is 22.4. The number of anilines is 1. The second-order valence-electron chi connectivity index (χ2n) is 8.24. The number of nitrogens with two attached hydrogens (primary N) is 1. The molecule has 1 aliphatic heterocycles. The highest BCUT2D eigenvalue weighted by Gasteiger charge is 2.31. The van der Waals surface area contributed by atoms with E-state index in [0.717, 1.165) is 41.5 Å². The number of carbonyl (C=O) groups is 1. The third-order valence-electron chi connectivity index (χ3n) is 6.08. The smallest absolute Gasteiger partial charge is 0.209 e. The van der Waals surface area contributed by atoms with Crippen LogP contribution >= 0.6 is 0 Å². The van der Waals surface area contributed by atoms with Gasteiger partial charge in [-0.05, 0) is 25.3 Å². The minimum atomic E-state index is -3.02. The fraction of sp³-hybridized carbons (Fsp3) is 0.500. The van der Waals surface area contributed by atoms with Crippen molar-refractivity contribution < 1.29 is 17.9 Å². The number of benzene rings is 1. The molecule has 172 valence electrons. The van der Waals surface area contributed by atoms with Crippen LogP contribution in [0.2, 0.25) is 0 Å². The zero-order chi connectivity index (χ0) is 22.7. The first-order valence-corrected chi connectivity index (χ1v) is 12.7. The summed E-state index contributed by atoms with van der Waals surface area (Å²) in [7, 11) is -1.36. The Hall–Kier alpha value is -2.72. The molecule has 32 heavy (non-hydrogen) atoms. The van der Waals surface area contributed by atoms with Crippen LogP contribution in [0.4, 0.5) is 5.82 Å². The van der Waals surface area contributed by atoms with Gasteiger partial charge in [0.15, 0.2) is 15.7 Å². The predicted molar refractivity (Wildman–Crippen MR) is 124 cm³/mol. The highest BCUT2D eigenvalue weighted by atomic mass is 32.2. The van der Waals surface area contributed by atoms with Crippen LogP contribution in [0.25, 0.3) is 21.9 Å². The largest absolute Gasteiger partial charge is 0.384 e. The number of nitrogens with zero attached hydrogens (tertiary/aromatic N) is 4. The molecule has 0 aliphatic carbocycles. The van der Waals surface area contributed by atoms with Crippen molar-refractivity contribution >= 4 is 44.0 Å². The molecule has 0 saturated carbocycles. The number of methoxy groups -OCH3 is 1. The molecule has 9 nitrogen and oxygen atoms in total. The van der Waals surface area contributed by atoms with Gasteiger partial charge in [-0.2, -0.15) is 0 Å². The lowest BCUT2D eigenvalue weighted by Crippen LogP contribution is -2.35. The van der Waals surface area contributed by atoms with Crippen molar-refractivity contribution in [2.75, 3.05) is 37.5 Å². The molecule has 1 aromatic carbocycles. The van der Waals surface area contributed by atoms with E-state index in [2.05, 4.69) is 9.55 Å². The third-order valence-corrected chi connectivity index (χ3v) is 7.83. The molecular formula is C22H29N5O4S. The number of rotatable bonds is 10. The first kappa shape index (κ1) is 22.5. The van der Waals surface area contributed by atoms with Crippen LogP contribution in [0.1, 0.15) is 25.1 Å². The number of pyridine rings is 1. The average molecular weight is 460 g/mol. The predicted octanol–water partition coefficient (Wildman–Crippen LogP) is 1.78. The molecule has 4 rings (SSSR count). The van der Waals surface area contributed by atoms with E-state index >= 15 is 0 Å². The van der Waals surface area contributed by atoms with Gasteiger partial charge < -0.3 is 19.9 Å². The van der Waals surface area contributed by atoms with Gasteiger partial charge in [-0.1, -0.05) is 18.2 Å². The summed E-state index contributed by atoms with van der Waals surface area (Å²) in [5.74, 6) is 1.53. The third kappa shape index (κ3) is 4.56. The zero-order valence-electron chi connectivity index (χ0n) is 18.2. The Labute approximate surface area is 187 Å². The number of amides is 1. The lowest BCUT2D eigenvalue weighted by molar-refractivity contribution is -0.119. The maximum absolute atomic E-state index is 11.8. The zero-order valence-corrected chi connectivity index (χ0v) is 19.1. The first-order chi connectivity index (χ1) is 15.4. The Morgan fingerprint density at radius 1 is 1.28 bits per heavy atom. The molecule has 3 heterocycles. The van der Waals surface area contributed by atoms with Gasteiger partial charge in [-0.3, -0.25) is 4.79 Å². The van der Waals surface area contributed by atoms with E-state index in [4.69, 9.17) is 15.5 Å². The Morgan fingerprint density at radius 3 is 2.81 bits per heavy atom. The topological polar surface area (TPSA) is 120 Å². The monoisotopic (exact) mass is 459 g/mol. The van der Waals surface area contributed by atoms with Crippen molar-refractivity contribution in [1.82, 2.24) is 19.4 Å². The second kappa shape index (κ2) is 9.41. The first-order valence-electron chi connectivity index (χ1n) is 10.9. The molecule has 1 unspecified atom stereocenters. The SMILES string of the molecule is COCCc1nc2c(N)nc3ccccc3c2n1CCCCN(C=O)C1CCS(=O)(=O)C1.